The van der Waals surface area contributed by atoms with E-state index in [1.54, 1.807) is 34.7 Å². The fourth-order valence-electron chi connectivity index (χ4n) is 5.13. The number of rotatable bonds is 4. The van der Waals surface area contributed by atoms with Gasteiger partial charge in [0.2, 0.25) is 21.8 Å². The van der Waals surface area contributed by atoms with Crippen LogP contribution < -0.4 is 10.2 Å². The second-order valence-corrected chi connectivity index (χ2v) is 12.1. The minimum absolute atomic E-state index is 0.140. The second-order valence-electron chi connectivity index (χ2n) is 9.23. The molecule has 4 heterocycles. The number of halogens is 1. The number of nitrogens with zero attached hydrogens (tertiary/aromatic N) is 4. The number of thiazole rings is 1. The maximum absolute atomic E-state index is 15.1. The van der Waals surface area contributed by atoms with E-state index in [9.17, 15) is 22.8 Å². The zero-order valence-corrected chi connectivity index (χ0v) is 21.1. The predicted octanol–water partition coefficient (Wildman–Crippen LogP) is 1.71. The Balaban J connectivity index is 1.18. The smallest absolute Gasteiger partial charge is 0.255 e. The van der Waals surface area contributed by atoms with Crippen LogP contribution in [0, 0.1) is 5.82 Å². The number of hydrogen-bond acceptors (Lipinski definition) is 8. The van der Waals surface area contributed by atoms with Gasteiger partial charge in [-0.1, -0.05) is 0 Å². The number of amides is 3. The minimum Gasteiger partial charge on any atom is -0.367 e. The lowest BCUT2D eigenvalue weighted by molar-refractivity contribution is -0.136. The molecule has 10 nitrogen and oxygen atoms in total. The average Bonchev–Trinajstić information content (AvgIpc) is 3.48. The lowest BCUT2D eigenvalue weighted by atomic mass is 10.0. The number of piperidine rings is 1. The molecule has 2 saturated heterocycles. The van der Waals surface area contributed by atoms with Crippen molar-refractivity contribution >= 4 is 55.0 Å². The van der Waals surface area contributed by atoms with Crippen molar-refractivity contribution in [1.82, 2.24) is 19.5 Å². The fourth-order valence-corrected chi connectivity index (χ4v) is 7.37. The van der Waals surface area contributed by atoms with Crippen LogP contribution in [0.3, 0.4) is 0 Å². The number of fused-ring (bicyclic) bond motifs is 2. The van der Waals surface area contributed by atoms with Gasteiger partial charge in [0.15, 0.2) is 0 Å². The van der Waals surface area contributed by atoms with Crippen molar-refractivity contribution < 1.29 is 27.2 Å². The molecule has 3 aliphatic rings. The van der Waals surface area contributed by atoms with Crippen LogP contribution in [-0.2, 0) is 26.2 Å². The van der Waals surface area contributed by atoms with E-state index in [1.165, 1.54) is 26.6 Å². The SMILES string of the molecule is O=C1CCC(N2Cc3cc(N4CCN(S(=O)(=O)c5ccc6ncsc6c5)CC4)c(F)cc3C2=O)C(=O)N1. The molecule has 3 aliphatic heterocycles. The fraction of sp³-hybridized carbons (Fsp3) is 0.333. The Morgan fingerprint density at radius 1 is 1.05 bits per heavy atom. The summed E-state index contributed by atoms with van der Waals surface area (Å²) in [7, 11) is -3.71. The highest BCUT2D eigenvalue weighted by atomic mass is 32.2. The highest BCUT2D eigenvalue weighted by molar-refractivity contribution is 7.89. The summed E-state index contributed by atoms with van der Waals surface area (Å²) in [5, 5.41) is 2.25. The van der Waals surface area contributed by atoms with Crippen molar-refractivity contribution in [3.8, 4) is 0 Å². The highest BCUT2D eigenvalue weighted by Gasteiger charge is 2.40. The molecule has 1 atom stereocenters. The molecule has 2 aromatic carbocycles. The molecule has 6 rings (SSSR count). The Labute approximate surface area is 215 Å². The van der Waals surface area contributed by atoms with Crippen molar-refractivity contribution in [2.45, 2.75) is 30.3 Å². The Hall–Kier alpha value is -3.42. The van der Waals surface area contributed by atoms with Gasteiger partial charge in [-0.05, 0) is 42.3 Å². The van der Waals surface area contributed by atoms with Gasteiger partial charge in [0.25, 0.3) is 5.91 Å². The third-order valence-corrected chi connectivity index (χ3v) is 9.80. The maximum atomic E-state index is 15.1. The molecule has 0 bridgehead atoms. The van der Waals surface area contributed by atoms with Gasteiger partial charge in [0.05, 0.1) is 26.3 Å². The van der Waals surface area contributed by atoms with Gasteiger partial charge in [0.1, 0.15) is 11.9 Å². The summed E-state index contributed by atoms with van der Waals surface area (Å²) in [5.74, 6) is -1.91. The number of sulfonamides is 1. The van der Waals surface area contributed by atoms with Crippen LogP contribution in [-0.4, -0.2) is 72.5 Å². The van der Waals surface area contributed by atoms with Crippen molar-refractivity contribution in [2.24, 2.45) is 0 Å². The van der Waals surface area contributed by atoms with Crippen LogP contribution in [0.2, 0.25) is 0 Å². The van der Waals surface area contributed by atoms with E-state index in [0.29, 0.717) is 11.3 Å². The van der Waals surface area contributed by atoms with E-state index in [-0.39, 0.29) is 61.9 Å². The molecule has 1 unspecified atom stereocenters. The van der Waals surface area contributed by atoms with Crippen LogP contribution in [0.4, 0.5) is 10.1 Å². The third-order valence-electron chi connectivity index (χ3n) is 7.11. The Bertz CT molecular complexity index is 1560. The highest BCUT2D eigenvalue weighted by Crippen LogP contribution is 2.33. The molecule has 1 N–H and O–H groups in total. The van der Waals surface area contributed by atoms with E-state index in [1.807, 2.05) is 0 Å². The molecule has 37 heavy (non-hydrogen) atoms. The quantitative estimate of drug-likeness (QED) is 0.498. The summed E-state index contributed by atoms with van der Waals surface area (Å²) in [5.41, 5.74) is 3.50. The summed E-state index contributed by atoms with van der Waals surface area (Å²) in [4.78, 5) is 44.2. The largest absolute Gasteiger partial charge is 0.367 e. The number of anilines is 1. The van der Waals surface area contributed by atoms with Crippen molar-refractivity contribution in [1.29, 1.82) is 0 Å². The van der Waals surface area contributed by atoms with Gasteiger partial charge in [-0.15, -0.1) is 11.3 Å². The van der Waals surface area contributed by atoms with Gasteiger partial charge in [-0.2, -0.15) is 4.31 Å². The van der Waals surface area contributed by atoms with Crippen molar-refractivity contribution in [2.75, 3.05) is 31.1 Å². The maximum Gasteiger partial charge on any atom is 0.255 e. The molecule has 0 spiro atoms. The van der Waals surface area contributed by atoms with Crippen LogP contribution >= 0.6 is 11.3 Å². The Kier molecular flexibility index (Phi) is 5.73. The van der Waals surface area contributed by atoms with E-state index in [2.05, 4.69) is 10.3 Å². The Morgan fingerprint density at radius 3 is 2.59 bits per heavy atom. The van der Waals surface area contributed by atoms with Crippen LogP contribution in [0.5, 0.6) is 0 Å². The molecule has 0 aliphatic carbocycles. The van der Waals surface area contributed by atoms with Gasteiger partial charge in [0, 0.05) is 44.7 Å². The first-order valence-corrected chi connectivity index (χ1v) is 14.1. The minimum atomic E-state index is -3.71. The van der Waals surface area contributed by atoms with E-state index in [0.717, 1.165) is 10.2 Å². The first kappa shape index (κ1) is 23.9. The second kappa shape index (κ2) is 8.85. The molecule has 1 aromatic heterocycles. The molecule has 192 valence electrons. The summed E-state index contributed by atoms with van der Waals surface area (Å²) in [6, 6.07) is 6.88. The standard InChI is InChI=1S/C24H22FN5O5S2/c25-17-11-16-14(12-30(24(16)33)19-3-4-22(31)27-23(19)32)9-20(17)28-5-7-29(8-6-28)37(34,35)15-1-2-18-21(10-15)36-13-26-18/h1-2,9-11,13,19H,3-8,12H2,(H,27,31,32). The van der Waals surface area contributed by atoms with Gasteiger partial charge < -0.3 is 9.80 Å². The first-order chi connectivity index (χ1) is 17.7. The molecule has 2 fully saturated rings. The van der Waals surface area contributed by atoms with Gasteiger partial charge in [-0.25, -0.2) is 17.8 Å². The lowest BCUT2D eigenvalue weighted by Gasteiger charge is -2.35. The topological polar surface area (TPSA) is 120 Å². The summed E-state index contributed by atoms with van der Waals surface area (Å²) in [6.45, 7) is 1.06. The molecular formula is C24H22FN5O5S2. The van der Waals surface area contributed by atoms with Crippen LogP contribution in [0.15, 0.2) is 40.7 Å². The molecular weight excluding hydrogens is 521 g/mol. The predicted molar refractivity (Wildman–Crippen MR) is 133 cm³/mol. The zero-order valence-electron chi connectivity index (χ0n) is 19.5. The molecule has 0 radical (unpaired) electrons. The average molecular weight is 544 g/mol. The number of hydrogen-bond donors (Lipinski definition) is 1. The molecule has 3 aromatic rings. The third kappa shape index (κ3) is 4.06. The number of piperazine rings is 1. The lowest BCUT2D eigenvalue weighted by Crippen LogP contribution is -2.52. The van der Waals surface area contributed by atoms with Crippen LogP contribution in [0.25, 0.3) is 10.2 Å². The van der Waals surface area contributed by atoms with Gasteiger partial charge in [-0.3, -0.25) is 19.7 Å². The number of carbonyl (C=O) groups excluding carboxylic acids is 3. The van der Waals surface area contributed by atoms with E-state index < -0.39 is 33.7 Å². The number of carbonyl (C=O) groups is 3. The van der Waals surface area contributed by atoms with Gasteiger partial charge >= 0.3 is 0 Å². The number of imide groups is 1. The number of aromatic nitrogens is 1. The molecule has 13 heteroatoms. The first-order valence-electron chi connectivity index (χ1n) is 11.8. The normalized spacial score (nSPS) is 21.0. The molecule has 3 amide bonds. The summed E-state index contributed by atoms with van der Waals surface area (Å²) in [6.07, 6.45) is 0.369. The number of nitrogens with one attached hydrogen (secondary N) is 1. The number of benzene rings is 2. The monoisotopic (exact) mass is 543 g/mol. The summed E-state index contributed by atoms with van der Waals surface area (Å²) < 4.78 is 43.7. The zero-order chi connectivity index (χ0) is 25.9. The van der Waals surface area contributed by atoms with E-state index in [4.69, 9.17) is 0 Å². The Morgan fingerprint density at radius 2 is 1.84 bits per heavy atom. The summed E-state index contributed by atoms with van der Waals surface area (Å²) >= 11 is 1.37. The van der Waals surface area contributed by atoms with Crippen molar-refractivity contribution in [3.63, 3.8) is 0 Å². The van der Waals surface area contributed by atoms with E-state index >= 15 is 4.39 Å². The van der Waals surface area contributed by atoms with Crippen molar-refractivity contribution in [3.05, 3.63) is 52.8 Å². The van der Waals surface area contributed by atoms with Crippen LogP contribution in [0.1, 0.15) is 28.8 Å². The molecule has 0 saturated carbocycles.